The number of aromatic nitrogens is 2. The number of nitrogens with zero attached hydrogens (tertiary/aromatic N) is 3. The number of hydrogen-bond donors (Lipinski definition) is 2. The molecule has 7 nitrogen and oxygen atoms in total. The highest BCUT2D eigenvalue weighted by Gasteiger charge is 2.18. The number of anilines is 2. The van der Waals surface area contributed by atoms with Crippen LogP contribution in [0.3, 0.4) is 0 Å². The molecule has 1 aromatic heterocycles. The highest BCUT2D eigenvalue weighted by molar-refractivity contribution is 7.92. The fourth-order valence-corrected chi connectivity index (χ4v) is 3.47. The Morgan fingerprint density at radius 3 is 2.38 bits per heavy atom. The highest BCUT2D eigenvalue weighted by Crippen LogP contribution is 2.22. The molecule has 1 heterocycles. The van der Waals surface area contributed by atoms with E-state index in [1.165, 1.54) is 12.1 Å². The maximum Gasteiger partial charge on any atom is 0.264 e. The predicted molar refractivity (Wildman–Crippen MR) is 96.0 cm³/mol. The molecule has 0 aliphatic heterocycles. The Kier molecular flexibility index (Phi) is 6.36. The van der Waals surface area contributed by atoms with Crippen LogP contribution >= 0.6 is 11.6 Å². The third-order valence-electron chi connectivity index (χ3n) is 3.12. The number of hydrogen-bond acceptors (Lipinski definition) is 6. The molecule has 9 heteroatoms. The first-order chi connectivity index (χ1) is 11.4. The molecule has 0 saturated heterocycles. The van der Waals surface area contributed by atoms with Gasteiger partial charge < -0.3 is 10.2 Å². The zero-order valence-electron chi connectivity index (χ0n) is 13.5. The standard InChI is InChI=1S/C15H20ClN5O2S/c1-21(2)11-5-10-17-14-8-9-15(19-18-14)20-24(22,23)13-7-4-3-6-12(13)16/h3-4,6-9H,5,10-11H2,1-2H3,(H,17,18)(H,19,20). The van der Waals surface area contributed by atoms with Gasteiger partial charge in [0.25, 0.3) is 10.0 Å². The monoisotopic (exact) mass is 369 g/mol. The van der Waals surface area contributed by atoms with Crippen molar-refractivity contribution in [1.29, 1.82) is 0 Å². The molecule has 0 atom stereocenters. The number of sulfonamides is 1. The molecule has 1 aromatic carbocycles. The summed E-state index contributed by atoms with van der Waals surface area (Å²) >= 11 is 5.92. The average molecular weight is 370 g/mol. The van der Waals surface area contributed by atoms with Gasteiger partial charge in [0.1, 0.15) is 10.7 Å². The van der Waals surface area contributed by atoms with Crippen LogP contribution in [0.1, 0.15) is 6.42 Å². The Balaban J connectivity index is 1.97. The van der Waals surface area contributed by atoms with E-state index in [2.05, 4.69) is 25.1 Å². The number of halogens is 1. The zero-order valence-corrected chi connectivity index (χ0v) is 15.1. The van der Waals surface area contributed by atoms with Crippen LogP contribution in [0.5, 0.6) is 0 Å². The van der Waals surface area contributed by atoms with Crippen LogP contribution in [-0.2, 0) is 10.0 Å². The topological polar surface area (TPSA) is 87.2 Å². The van der Waals surface area contributed by atoms with Crippen molar-refractivity contribution < 1.29 is 8.42 Å². The van der Waals surface area contributed by atoms with Gasteiger partial charge in [0.2, 0.25) is 0 Å². The van der Waals surface area contributed by atoms with Gasteiger partial charge in [0.15, 0.2) is 5.82 Å². The van der Waals surface area contributed by atoms with Gasteiger partial charge in [0, 0.05) is 6.54 Å². The molecule has 0 aliphatic rings. The van der Waals surface area contributed by atoms with Gasteiger partial charge in [-0.05, 0) is 51.3 Å². The van der Waals surface area contributed by atoms with Crippen molar-refractivity contribution in [3.63, 3.8) is 0 Å². The van der Waals surface area contributed by atoms with E-state index in [0.717, 1.165) is 19.5 Å². The maximum atomic E-state index is 12.3. The van der Waals surface area contributed by atoms with E-state index in [0.29, 0.717) is 5.82 Å². The van der Waals surface area contributed by atoms with E-state index in [9.17, 15) is 8.42 Å². The van der Waals surface area contributed by atoms with Crippen LogP contribution in [0.2, 0.25) is 5.02 Å². The van der Waals surface area contributed by atoms with E-state index in [4.69, 9.17) is 11.6 Å². The number of rotatable bonds is 8. The van der Waals surface area contributed by atoms with Crippen molar-refractivity contribution in [3.05, 3.63) is 41.4 Å². The van der Waals surface area contributed by atoms with Crippen molar-refractivity contribution in [1.82, 2.24) is 15.1 Å². The minimum absolute atomic E-state index is 0.000598. The van der Waals surface area contributed by atoms with Crippen molar-refractivity contribution in [2.24, 2.45) is 0 Å². The lowest BCUT2D eigenvalue weighted by Crippen LogP contribution is -2.17. The zero-order chi connectivity index (χ0) is 17.6. The molecule has 0 bridgehead atoms. The SMILES string of the molecule is CN(C)CCCNc1ccc(NS(=O)(=O)c2ccccc2Cl)nn1. The third kappa shape index (κ3) is 5.33. The predicted octanol–water partition coefficient (Wildman–Crippen LogP) is 2.29. The van der Waals surface area contributed by atoms with Gasteiger partial charge >= 0.3 is 0 Å². The molecule has 130 valence electrons. The minimum Gasteiger partial charge on any atom is -0.369 e. The summed E-state index contributed by atoms with van der Waals surface area (Å²) in [5.74, 6) is 0.725. The van der Waals surface area contributed by atoms with E-state index in [1.807, 2.05) is 14.1 Å². The Hall–Kier alpha value is -1.90. The average Bonchev–Trinajstić information content (AvgIpc) is 2.53. The molecule has 0 fully saturated rings. The van der Waals surface area contributed by atoms with E-state index >= 15 is 0 Å². The Bertz CT molecular complexity index is 766. The Morgan fingerprint density at radius 2 is 1.75 bits per heavy atom. The van der Waals surface area contributed by atoms with Crippen molar-refractivity contribution >= 4 is 33.3 Å². The number of nitrogens with one attached hydrogen (secondary N) is 2. The van der Waals surface area contributed by atoms with Crippen LogP contribution in [0.15, 0.2) is 41.3 Å². The molecule has 0 radical (unpaired) electrons. The Labute approximate surface area is 147 Å². The molecule has 2 rings (SSSR count). The lowest BCUT2D eigenvalue weighted by Gasteiger charge is -2.10. The van der Waals surface area contributed by atoms with Crippen molar-refractivity contribution in [3.8, 4) is 0 Å². The fraction of sp³-hybridized carbons (Fsp3) is 0.333. The molecule has 2 aromatic rings. The summed E-state index contributed by atoms with van der Waals surface area (Å²) in [6.45, 7) is 1.73. The molecule has 0 aliphatic carbocycles. The molecule has 2 N–H and O–H groups in total. The van der Waals surface area contributed by atoms with Crippen LogP contribution in [0.25, 0.3) is 0 Å². The van der Waals surface area contributed by atoms with Gasteiger partial charge in [-0.25, -0.2) is 8.42 Å². The summed E-state index contributed by atoms with van der Waals surface area (Å²) in [6, 6.07) is 9.44. The van der Waals surface area contributed by atoms with Gasteiger partial charge in [-0.15, -0.1) is 10.2 Å². The smallest absolute Gasteiger partial charge is 0.264 e. The molecule has 0 saturated carbocycles. The Morgan fingerprint density at radius 1 is 1.08 bits per heavy atom. The van der Waals surface area contributed by atoms with Gasteiger partial charge in [-0.3, -0.25) is 4.72 Å². The first-order valence-electron chi connectivity index (χ1n) is 7.38. The quantitative estimate of drug-likeness (QED) is 0.694. The second-order valence-corrected chi connectivity index (χ2v) is 7.48. The summed E-state index contributed by atoms with van der Waals surface area (Å²) in [5.41, 5.74) is 0. The lowest BCUT2D eigenvalue weighted by molar-refractivity contribution is 0.405. The third-order valence-corrected chi connectivity index (χ3v) is 4.97. The van der Waals surface area contributed by atoms with Crippen LogP contribution in [-0.4, -0.2) is 50.7 Å². The molecule has 0 unspecified atom stereocenters. The summed E-state index contributed by atoms with van der Waals surface area (Å²) in [7, 11) is 0.230. The molecular weight excluding hydrogens is 350 g/mol. The largest absolute Gasteiger partial charge is 0.369 e. The first-order valence-corrected chi connectivity index (χ1v) is 9.24. The van der Waals surface area contributed by atoms with E-state index < -0.39 is 10.0 Å². The van der Waals surface area contributed by atoms with Crippen molar-refractivity contribution in [2.75, 3.05) is 37.2 Å². The second-order valence-electron chi connectivity index (χ2n) is 5.42. The highest BCUT2D eigenvalue weighted by atomic mass is 35.5. The van der Waals surface area contributed by atoms with Gasteiger partial charge in [0.05, 0.1) is 5.02 Å². The maximum absolute atomic E-state index is 12.3. The lowest BCUT2D eigenvalue weighted by atomic mass is 10.4. The van der Waals surface area contributed by atoms with Gasteiger partial charge in [-0.2, -0.15) is 0 Å². The van der Waals surface area contributed by atoms with E-state index in [-0.39, 0.29) is 15.7 Å². The molecule has 24 heavy (non-hydrogen) atoms. The summed E-state index contributed by atoms with van der Waals surface area (Å²) < 4.78 is 27.0. The van der Waals surface area contributed by atoms with Crippen molar-refractivity contribution in [2.45, 2.75) is 11.3 Å². The normalized spacial score (nSPS) is 11.5. The van der Waals surface area contributed by atoms with Gasteiger partial charge in [-0.1, -0.05) is 23.7 Å². The molecular formula is C15H20ClN5O2S. The second kappa shape index (κ2) is 8.27. The van der Waals surface area contributed by atoms with Crippen LogP contribution < -0.4 is 10.0 Å². The first kappa shape index (κ1) is 18.4. The summed E-state index contributed by atoms with van der Waals surface area (Å²) in [4.78, 5) is 2.10. The molecule has 0 amide bonds. The summed E-state index contributed by atoms with van der Waals surface area (Å²) in [6.07, 6.45) is 0.968. The number of benzene rings is 1. The van der Waals surface area contributed by atoms with E-state index in [1.54, 1.807) is 24.3 Å². The fourth-order valence-electron chi connectivity index (χ4n) is 1.95. The molecule has 0 spiro atoms. The van der Waals surface area contributed by atoms with Crippen LogP contribution in [0.4, 0.5) is 11.6 Å². The summed E-state index contributed by atoms with van der Waals surface area (Å²) in [5, 5.41) is 11.1. The minimum atomic E-state index is -3.80. The van der Waals surface area contributed by atoms with Crippen LogP contribution in [0, 0.1) is 0 Å².